The minimum Gasteiger partial charge on any atom is -0.508 e. The number of hydrogen-bond acceptors (Lipinski definition) is 2. The van der Waals surface area contributed by atoms with Gasteiger partial charge in [0, 0.05) is 6.54 Å². The smallest absolute Gasteiger partial charge is 0.115 e. The van der Waals surface area contributed by atoms with Crippen molar-refractivity contribution in [1.29, 1.82) is 0 Å². The fourth-order valence-electron chi connectivity index (χ4n) is 1.64. The molecule has 0 spiro atoms. The number of rotatable bonds is 6. The van der Waals surface area contributed by atoms with Crippen LogP contribution >= 0.6 is 0 Å². The van der Waals surface area contributed by atoms with Gasteiger partial charge in [-0.2, -0.15) is 0 Å². The molecule has 0 unspecified atom stereocenters. The van der Waals surface area contributed by atoms with Gasteiger partial charge >= 0.3 is 0 Å². The summed E-state index contributed by atoms with van der Waals surface area (Å²) >= 11 is 0. The Morgan fingerprint density at radius 1 is 1.27 bits per heavy atom. The summed E-state index contributed by atoms with van der Waals surface area (Å²) in [6, 6.07) is 7.52. The summed E-state index contributed by atoms with van der Waals surface area (Å²) in [5, 5.41) is 9.36. The molecule has 84 valence electrons. The van der Waals surface area contributed by atoms with Crippen molar-refractivity contribution in [3.63, 3.8) is 0 Å². The molecule has 0 fully saturated rings. The molecule has 0 heterocycles. The average molecular weight is 207 g/mol. The summed E-state index contributed by atoms with van der Waals surface area (Å²) in [4.78, 5) is 2.40. The molecule has 0 radical (unpaired) electrons. The molecule has 2 nitrogen and oxygen atoms in total. The third-order valence-corrected chi connectivity index (χ3v) is 2.59. The number of benzene rings is 1. The molecule has 0 saturated carbocycles. The normalized spacial score (nSPS) is 10.9. The van der Waals surface area contributed by atoms with E-state index in [4.69, 9.17) is 0 Å². The Balaban J connectivity index is 2.50. The Kier molecular flexibility index (Phi) is 5.19. The van der Waals surface area contributed by atoms with E-state index in [0.29, 0.717) is 5.75 Å². The molecule has 0 aliphatic rings. The number of phenols is 1. The van der Waals surface area contributed by atoms with Crippen LogP contribution in [0, 0.1) is 0 Å². The van der Waals surface area contributed by atoms with Crippen LogP contribution in [0.1, 0.15) is 32.3 Å². The van der Waals surface area contributed by atoms with E-state index in [0.717, 1.165) is 19.6 Å². The summed E-state index contributed by atoms with van der Waals surface area (Å²) < 4.78 is 0. The van der Waals surface area contributed by atoms with Gasteiger partial charge in [-0.05, 0) is 37.2 Å². The van der Waals surface area contributed by atoms with Crippen LogP contribution in [0.5, 0.6) is 5.75 Å². The van der Waals surface area contributed by atoms with Crippen molar-refractivity contribution in [1.82, 2.24) is 4.90 Å². The number of nitrogens with zero attached hydrogens (tertiary/aromatic N) is 1. The van der Waals surface area contributed by atoms with Crippen LogP contribution in [0.3, 0.4) is 0 Å². The second-order valence-corrected chi connectivity index (χ2v) is 3.89. The van der Waals surface area contributed by atoms with Crippen molar-refractivity contribution in [2.45, 2.75) is 33.2 Å². The molecule has 1 rings (SSSR count). The minimum atomic E-state index is 0.360. The number of hydrogen-bond donors (Lipinski definition) is 1. The van der Waals surface area contributed by atoms with Gasteiger partial charge in [-0.25, -0.2) is 0 Å². The summed E-state index contributed by atoms with van der Waals surface area (Å²) in [7, 11) is 0. The maximum Gasteiger partial charge on any atom is 0.115 e. The Bertz CT molecular complexity index is 286. The second-order valence-electron chi connectivity index (χ2n) is 3.89. The molecule has 0 aromatic heterocycles. The fraction of sp³-hybridized carbons (Fsp3) is 0.538. The van der Waals surface area contributed by atoms with E-state index < -0.39 is 0 Å². The SMILES string of the molecule is CCCCN(CC)Cc1cccc(O)c1. The number of phenolic OH excluding ortho intramolecular Hbond substituents is 1. The molecule has 15 heavy (non-hydrogen) atoms. The largest absolute Gasteiger partial charge is 0.508 e. The van der Waals surface area contributed by atoms with Gasteiger partial charge in [-0.1, -0.05) is 32.4 Å². The zero-order valence-electron chi connectivity index (χ0n) is 9.74. The standard InChI is InChI=1S/C13H21NO/c1-3-5-9-14(4-2)11-12-7-6-8-13(15)10-12/h6-8,10,15H,3-5,9,11H2,1-2H3. The lowest BCUT2D eigenvalue weighted by Gasteiger charge is -2.20. The highest BCUT2D eigenvalue weighted by Crippen LogP contribution is 2.13. The van der Waals surface area contributed by atoms with Crippen LogP contribution < -0.4 is 0 Å². The van der Waals surface area contributed by atoms with Crippen LogP contribution in [0.4, 0.5) is 0 Å². The molecule has 0 amide bonds. The molecular formula is C13H21NO. The molecule has 1 N–H and O–H groups in total. The average Bonchev–Trinajstić information content (AvgIpc) is 2.24. The predicted molar refractivity (Wildman–Crippen MR) is 64.0 cm³/mol. The molecule has 1 aromatic carbocycles. The lowest BCUT2D eigenvalue weighted by molar-refractivity contribution is 0.275. The summed E-state index contributed by atoms with van der Waals surface area (Å²) in [5.74, 6) is 0.360. The number of aromatic hydroxyl groups is 1. The van der Waals surface area contributed by atoms with E-state index in [9.17, 15) is 5.11 Å². The maximum atomic E-state index is 9.36. The minimum absolute atomic E-state index is 0.360. The van der Waals surface area contributed by atoms with Gasteiger partial charge in [0.05, 0.1) is 0 Å². The van der Waals surface area contributed by atoms with Gasteiger partial charge in [0.2, 0.25) is 0 Å². The van der Waals surface area contributed by atoms with Crippen molar-refractivity contribution in [2.75, 3.05) is 13.1 Å². The van der Waals surface area contributed by atoms with Crippen molar-refractivity contribution in [3.05, 3.63) is 29.8 Å². The van der Waals surface area contributed by atoms with Crippen LogP contribution in [0.25, 0.3) is 0 Å². The Hall–Kier alpha value is -1.02. The fourth-order valence-corrected chi connectivity index (χ4v) is 1.64. The molecule has 1 aromatic rings. The van der Waals surface area contributed by atoms with Crippen molar-refractivity contribution < 1.29 is 5.11 Å². The predicted octanol–water partition coefficient (Wildman–Crippen LogP) is 3.01. The molecule has 0 bridgehead atoms. The van der Waals surface area contributed by atoms with E-state index in [-0.39, 0.29) is 0 Å². The molecule has 0 saturated heterocycles. The first-order valence-electron chi connectivity index (χ1n) is 5.76. The van der Waals surface area contributed by atoms with Crippen LogP contribution in [-0.4, -0.2) is 23.1 Å². The van der Waals surface area contributed by atoms with Gasteiger partial charge in [-0.15, -0.1) is 0 Å². The summed E-state index contributed by atoms with van der Waals surface area (Å²) in [5.41, 5.74) is 1.19. The van der Waals surface area contributed by atoms with Crippen LogP contribution in [0.15, 0.2) is 24.3 Å². The topological polar surface area (TPSA) is 23.5 Å². The van der Waals surface area contributed by atoms with Crippen LogP contribution in [-0.2, 0) is 6.54 Å². The van der Waals surface area contributed by atoms with Gasteiger partial charge in [-0.3, -0.25) is 4.90 Å². The van der Waals surface area contributed by atoms with Gasteiger partial charge in [0.1, 0.15) is 5.75 Å². The van der Waals surface area contributed by atoms with E-state index in [1.807, 2.05) is 12.1 Å². The number of unbranched alkanes of at least 4 members (excludes halogenated alkanes) is 1. The first-order chi connectivity index (χ1) is 7.26. The van der Waals surface area contributed by atoms with Crippen molar-refractivity contribution in [2.24, 2.45) is 0 Å². The van der Waals surface area contributed by atoms with E-state index in [1.165, 1.54) is 18.4 Å². The highest BCUT2D eigenvalue weighted by Gasteiger charge is 2.03. The molecule has 0 aliphatic carbocycles. The zero-order valence-corrected chi connectivity index (χ0v) is 9.74. The maximum absolute atomic E-state index is 9.36. The third-order valence-electron chi connectivity index (χ3n) is 2.59. The first-order valence-corrected chi connectivity index (χ1v) is 5.76. The van der Waals surface area contributed by atoms with Gasteiger partial charge in [0.25, 0.3) is 0 Å². The van der Waals surface area contributed by atoms with Gasteiger partial charge in [0.15, 0.2) is 0 Å². The molecule has 2 heteroatoms. The van der Waals surface area contributed by atoms with E-state index >= 15 is 0 Å². The Labute approximate surface area is 92.5 Å². The lowest BCUT2D eigenvalue weighted by Crippen LogP contribution is -2.23. The monoisotopic (exact) mass is 207 g/mol. The lowest BCUT2D eigenvalue weighted by atomic mass is 10.2. The highest BCUT2D eigenvalue weighted by atomic mass is 16.3. The highest BCUT2D eigenvalue weighted by molar-refractivity contribution is 5.26. The van der Waals surface area contributed by atoms with Crippen molar-refractivity contribution in [3.8, 4) is 5.75 Å². The quantitative estimate of drug-likeness (QED) is 0.775. The third kappa shape index (κ3) is 4.34. The van der Waals surface area contributed by atoms with Crippen LogP contribution in [0.2, 0.25) is 0 Å². The molecule has 0 atom stereocenters. The van der Waals surface area contributed by atoms with Gasteiger partial charge < -0.3 is 5.11 Å². The molecular weight excluding hydrogens is 186 g/mol. The summed E-state index contributed by atoms with van der Waals surface area (Å²) in [6.07, 6.45) is 2.48. The Morgan fingerprint density at radius 3 is 2.67 bits per heavy atom. The first kappa shape index (κ1) is 12.1. The molecule has 0 aliphatic heterocycles. The Morgan fingerprint density at radius 2 is 2.07 bits per heavy atom. The summed E-state index contributed by atoms with van der Waals surface area (Å²) in [6.45, 7) is 7.53. The van der Waals surface area contributed by atoms with Crippen molar-refractivity contribution >= 4 is 0 Å². The zero-order chi connectivity index (χ0) is 11.1. The van der Waals surface area contributed by atoms with E-state index in [1.54, 1.807) is 6.07 Å². The second kappa shape index (κ2) is 6.46. The van der Waals surface area contributed by atoms with E-state index in [2.05, 4.69) is 24.8 Å².